The summed E-state index contributed by atoms with van der Waals surface area (Å²) >= 11 is 5.86. The topological polar surface area (TPSA) is 24.9 Å². The van der Waals surface area contributed by atoms with E-state index >= 15 is 0 Å². The molecular weight excluding hydrogens is 232 g/mol. The van der Waals surface area contributed by atoms with Crippen LogP contribution in [0.25, 0.3) is 0 Å². The Labute approximate surface area is 107 Å². The Bertz CT molecular complexity index is 453. The van der Waals surface area contributed by atoms with E-state index in [1.165, 1.54) is 11.1 Å². The molecule has 1 aromatic heterocycles. The number of benzene rings is 1. The van der Waals surface area contributed by atoms with E-state index in [-0.39, 0.29) is 0 Å². The molecule has 1 aromatic carbocycles. The lowest BCUT2D eigenvalue weighted by atomic mass is 10.1. The Kier molecular flexibility index (Phi) is 4.13. The van der Waals surface area contributed by atoms with Gasteiger partial charge < -0.3 is 5.32 Å². The van der Waals surface area contributed by atoms with E-state index in [0.29, 0.717) is 6.04 Å². The Morgan fingerprint density at radius 3 is 2.65 bits per heavy atom. The van der Waals surface area contributed by atoms with Gasteiger partial charge in [-0.2, -0.15) is 0 Å². The van der Waals surface area contributed by atoms with Crippen molar-refractivity contribution >= 4 is 11.6 Å². The summed E-state index contributed by atoms with van der Waals surface area (Å²) < 4.78 is 0. The Hall–Kier alpha value is -1.38. The molecule has 88 valence electrons. The van der Waals surface area contributed by atoms with Gasteiger partial charge >= 0.3 is 0 Å². The first-order valence-electron chi connectivity index (χ1n) is 5.63. The molecule has 3 heteroatoms. The highest BCUT2D eigenvalue weighted by Gasteiger charge is 2.04. The van der Waals surface area contributed by atoms with Gasteiger partial charge in [-0.1, -0.05) is 29.8 Å². The van der Waals surface area contributed by atoms with Crippen molar-refractivity contribution in [2.45, 2.75) is 19.5 Å². The van der Waals surface area contributed by atoms with Crippen LogP contribution in [-0.4, -0.2) is 4.98 Å². The first-order valence-corrected chi connectivity index (χ1v) is 6.01. The predicted molar refractivity (Wildman–Crippen MR) is 70.9 cm³/mol. The average Bonchev–Trinajstić information content (AvgIpc) is 2.38. The number of rotatable bonds is 4. The molecule has 0 fully saturated rings. The molecule has 0 bridgehead atoms. The summed E-state index contributed by atoms with van der Waals surface area (Å²) in [6.07, 6.45) is 3.66. The second kappa shape index (κ2) is 5.80. The molecule has 2 nitrogen and oxygen atoms in total. The molecule has 1 heterocycles. The fourth-order valence-corrected chi connectivity index (χ4v) is 1.77. The molecule has 0 spiro atoms. The average molecular weight is 247 g/mol. The zero-order valence-electron chi connectivity index (χ0n) is 9.73. The van der Waals surface area contributed by atoms with Crippen LogP contribution in [0.3, 0.4) is 0 Å². The monoisotopic (exact) mass is 246 g/mol. The first kappa shape index (κ1) is 12.1. The van der Waals surface area contributed by atoms with Crippen LogP contribution in [-0.2, 0) is 6.54 Å². The van der Waals surface area contributed by atoms with E-state index in [4.69, 9.17) is 11.6 Å². The van der Waals surface area contributed by atoms with E-state index < -0.39 is 0 Å². The molecule has 17 heavy (non-hydrogen) atoms. The van der Waals surface area contributed by atoms with Crippen LogP contribution in [0, 0.1) is 0 Å². The van der Waals surface area contributed by atoms with Gasteiger partial charge in [-0.3, -0.25) is 4.98 Å². The first-order chi connectivity index (χ1) is 8.25. The fraction of sp³-hybridized carbons (Fsp3) is 0.214. The van der Waals surface area contributed by atoms with Crippen molar-refractivity contribution in [3.05, 3.63) is 64.9 Å². The van der Waals surface area contributed by atoms with Gasteiger partial charge in [-0.15, -0.1) is 0 Å². The van der Waals surface area contributed by atoms with Crippen molar-refractivity contribution < 1.29 is 0 Å². The largest absolute Gasteiger partial charge is 0.306 e. The highest BCUT2D eigenvalue weighted by atomic mass is 35.5. The zero-order valence-corrected chi connectivity index (χ0v) is 10.5. The minimum Gasteiger partial charge on any atom is -0.306 e. The highest BCUT2D eigenvalue weighted by molar-refractivity contribution is 6.30. The Morgan fingerprint density at radius 2 is 2.00 bits per heavy atom. The predicted octanol–water partition coefficient (Wildman–Crippen LogP) is 3.59. The van der Waals surface area contributed by atoms with E-state index in [2.05, 4.69) is 23.3 Å². The highest BCUT2D eigenvalue weighted by Crippen LogP contribution is 2.16. The molecule has 0 aliphatic carbocycles. The summed E-state index contributed by atoms with van der Waals surface area (Å²) in [5.41, 5.74) is 2.42. The molecule has 2 rings (SSSR count). The summed E-state index contributed by atoms with van der Waals surface area (Å²) in [6, 6.07) is 12.2. The molecule has 0 radical (unpaired) electrons. The van der Waals surface area contributed by atoms with Crippen molar-refractivity contribution in [2.75, 3.05) is 0 Å². The summed E-state index contributed by atoms with van der Waals surface area (Å²) in [4.78, 5) is 4.09. The van der Waals surface area contributed by atoms with Crippen LogP contribution in [0.5, 0.6) is 0 Å². The number of aromatic nitrogens is 1. The minimum absolute atomic E-state index is 0.299. The number of halogens is 1. The van der Waals surface area contributed by atoms with Gasteiger partial charge in [0, 0.05) is 30.0 Å². The van der Waals surface area contributed by atoms with Gasteiger partial charge in [-0.05, 0) is 36.2 Å². The summed E-state index contributed by atoms with van der Waals surface area (Å²) in [6.45, 7) is 2.96. The molecule has 2 aromatic rings. The quantitative estimate of drug-likeness (QED) is 0.892. The summed E-state index contributed by atoms with van der Waals surface area (Å²) in [5, 5.41) is 4.22. The maximum Gasteiger partial charge on any atom is 0.0406 e. The summed E-state index contributed by atoms with van der Waals surface area (Å²) in [5.74, 6) is 0. The van der Waals surface area contributed by atoms with Gasteiger partial charge in [0.2, 0.25) is 0 Å². The van der Waals surface area contributed by atoms with Crippen LogP contribution < -0.4 is 5.32 Å². The smallest absolute Gasteiger partial charge is 0.0406 e. The van der Waals surface area contributed by atoms with Crippen LogP contribution in [0.4, 0.5) is 0 Å². The number of pyridine rings is 1. The molecule has 0 aliphatic rings. The second-order valence-corrected chi connectivity index (χ2v) is 4.45. The zero-order chi connectivity index (χ0) is 12.1. The third-order valence-corrected chi connectivity index (χ3v) is 2.96. The van der Waals surface area contributed by atoms with Gasteiger partial charge in [0.05, 0.1) is 0 Å². The lowest BCUT2D eigenvalue weighted by Crippen LogP contribution is -2.18. The van der Waals surface area contributed by atoms with Crippen LogP contribution in [0.15, 0.2) is 48.8 Å². The van der Waals surface area contributed by atoms with Gasteiger partial charge in [0.25, 0.3) is 0 Å². The SMILES string of the molecule is CC(NCc1cccnc1)c1ccc(Cl)cc1. The van der Waals surface area contributed by atoms with Crippen LogP contribution >= 0.6 is 11.6 Å². The normalized spacial score (nSPS) is 12.4. The number of nitrogens with one attached hydrogen (secondary N) is 1. The van der Waals surface area contributed by atoms with Crippen LogP contribution in [0.1, 0.15) is 24.1 Å². The third kappa shape index (κ3) is 3.55. The molecule has 0 amide bonds. The Balaban J connectivity index is 1.93. The Morgan fingerprint density at radius 1 is 1.24 bits per heavy atom. The van der Waals surface area contributed by atoms with Gasteiger partial charge in [-0.25, -0.2) is 0 Å². The van der Waals surface area contributed by atoms with Crippen molar-refractivity contribution in [1.82, 2.24) is 10.3 Å². The molecule has 1 unspecified atom stereocenters. The van der Waals surface area contributed by atoms with Crippen molar-refractivity contribution in [1.29, 1.82) is 0 Å². The number of hydrogen-bond acceptors (Lipinski definition) is 2. The standard InChI is InChI=1S/C14H15ClN2/c1-11(13-4-6-14(15)7-5-13)17-10-12-3-2-8-16-9-12/h2-9,11,17H,10H2,1H3. The van der Waals surface area contributed by atoms with E-state index in [1.807, 2.05) is 36.5 Å². The van der Waals surface area contributed by atoms with Crippen LogP contribution in [0.2, 0.25) is 5.02 Å². The molecule has 1 N–H and O–H groups in total. The van der Waals surface area contributed by atoms with Gasteiger partial charge in [0.15, 0.2) is 0 Å². The van der Waals surface area contributed by atoms with Crippen molar-refractivity contribution in [3.63, 3.8) is 0 Å². The maximum atomic E-state index is 5.86. The number of nitrogens with zero attached hydrogens (tertiary/aromatic N) is 1. The summed E-state index contributed by atoms with van der Waals surface area (Å²) in [7, 11) is 0. The van der Waals surface area contributed by atoms with E-state index in [9.17, 15) is 0 Å². The second-order valence-electron chi connectivity index (χ2n) is 4.02. The van der Waals surface area contributed by atoms with Crippen molar-refractivity contribution in [3.8, 4) is 0 Å². The van der Waals surface area contributed by atoms with E-state index in [1.54, 1.807) is 6.20 Å². The fourth-order valence-electron chi connectivity index (χ4n) is 1.64. The maximum absolute atomic E-state index is 5.86. The molecule has 1 atom stereocenters. The molecule has 0 saturated heterocycles. The molecule has 0 aliphatic heterocycles. The minimum atomic E-state index is 0.299. The van der Waals surface area contributed by atoms with E-state index in [0.717, 1.165) is 11.6 Å². The lowest BCUT2D eigenvalue weighted by molar-refractivity contribution is 0.574. The third-order valence-electron chi connectivity index (χ3n) is 2.71. The lowest BCUT2D eigenvalue weighted by Gasteiger charge is -2.14. The van der Waals surface area contributed by atoms with Crippen molar-refractivity contribution in [2.24, 2.45) is 0 Å². The molecular formula is C14H15ClN2. The molecule has 0 saturated carbocycles. The van der Waals surface area contributed by atoms with Gasteiger partial charge in [0.1, 0.15) is 0 Å². The number of hydrogen-bond donors (Lipinski definition) is 1.